The van der Waals surface area contributed by atoms with E-state index in [-0.39, 0.29) is 19.6 Å². The van der Waals surface area contributed by atoms with Crippen molar-refractivity contribution >= 4 is 17.4 Å². The molecule has 4 aromatic carbocycles. The molecule has 0 radical (unpaired) electrons. The Morgan fingerprint density at radius 3 is 1.88 bits per heavy atom. The summed E-state index contributed by atoms with van der Waals surface area (Å²) in [7, 11) is 1.51. The number of rotatable bonds is 14. The molecule has 0 heterocycles. The molecular formula is C32H30N2O6. The standard InChI is InChI=1S/C32H30N2O6/c1-37-33-31(26-10-6-3-7-11-26)23-39-28-16-12-25(13-17-28)21-38-29-18-14-27(15-19-29)30(20-32(35)36)34-40-22-24-8-4-2-5-9-24/h2-19H,20-23H2,1H3,(H,35,36)/b33-31+,34-30+. The summed E-state index contributed by atoms with van der Waals surface area (Å²) in [6.07, 6.45) is -0.256. The SMILES string of the molecule is CO/N=C(\COc1ccc(COc2ccc(/C(CC(=O)O)=N/OCc3ccccc3)cc2)cc1)c1ccccc1. The molecule has 0 atom stereocenters. The Morgan fingerprint density at radius 1 is 0.650 bits per heavy atom. The van der Waals surface area contributed by atoms with E-state index >= 15 is 0 Å². The van der Waals surface area contributed by atoms with E-state index in [1.165, 1.54) is 7.11 Å². The maximum Gasteiger partial charge on any atom is 0.309 e. The van der Waals surface area contributed by atoms with Gasteiger partial charge in [-0.15, -0.1) is 0 Å². The highest BCUT2D eigenvalue weighted by molar-refractivity contribution is 6.08. The average molecular weight is 539 g/mol. The van der Waals surface area contributed by atoms with E-state index in [2.05, 4.69) is 10.3 Å². The summed E-state index contributed by atoms with van der Waals surface area (Å²) in [5.41, 5.74) is 4.52. The van der Waals surface area contributed by atoms with Gasteiger partial charge in [-0.3, -0.25) is 4.79 Å². The summed E-state index contributed by atoms with van der Waals surface area (Å²) in [6, 6.07) is 34.0. The zero-order valence-corrected chi connectivity index (χ0v) is 22.1. The van der Waals surface area contributed by atoms with Crippen LogP contribution in [0.3, 0.4) is 0 Å². The van der Waals surface area contributed by atoms with Crippen molar-refractivity contribution in [3.8, 4) is 11.5 Å². The lowest BCUT2D eigenvalue weighted by atomic mass is 10.1. The molecule has 1 N–H and O–H groups in total. The molecule has 0 spiro atoms. The smallest absolute Gasteiger partial charge is 0.309 e. The maximum absolute atomic E-state index is 11.4. The first-order valence-corrected chi connectivity index (χ1v) is 12.7. The summed E-state index contributed by atoms with van der Waals surface area (Å²) < 4.78 is 11.8. The van der Waals surface area contributed by atoms with Crippen LogP contribution in [-0.2, 0) is 27.7 Å². The fourth-order valence-corrected chi connectivity index (χ4v) is 3.74. The number of carboxylic acid groups (broad SMARTS) is 1. The van der Waals surface area contributed by atoms with E-state index < -0.39 is 5.97 Å². The van der Waals surface area contributed by atoms with E-state index in [4.69, 9.17) is 19.1 Å². The summed E-state index contributed by atoms with van der Waals surface area (Å²) in [4.78, 5) is 21.7. The predicted molar refractivity (Wildman–Crippen MR) is 153 cm³/mol. The highest BCUT2D eigenvalue weighted by Crippen LogP contribution is 2.18. The Hall–Kier alpha value is -5.11. The summed E-state index contributed by atoms with van der Waals surface area (Å²) in [5, 5.41) is 17.5. The van der Waals surface area contributed by atoms with Gasteiger partial charge in [-0.05, 0) is 47.5 Å². The third kappa shape index (κ3) is 8.73. The number of hydrogen-bond acceptors (Lipinski definition) is 7. The van der Waals surface area contributed by atoms with Crippen molar-refractivity contribution < 1.29 is 29.0 Å². The molecule has 0 aliphatic carbocycles. The van der Waals surface area contributed by atoms with Crippen molar-refractivity contribution in [1.29, 1.82) is 0 Å². The molecule has 0 saturated heterocycles. The molecule has 40 heavy (non-hydrogen) atoms. The van der Waals surface area contributed by atoms with Crippen LogP contribution in [0.15, 0.2) is 120 Å². The monoisotopic (exact) mass is 538 g/mol. The van der Waals surface area contributed by atoms with Crippen LogP contribution in [-0.4, -0.2) is 36.2 Å². The normalized spacial score (nSPS) is 11.5. The van der Waals surface area contributed by atoms with Crippen molar-refractivity contribution in [2.75, 3.05) is 13.7 Å². The Bertz CT molecular complexity index is 1400. The first kappa shape index (κ1) is 27.9. The van der Waals surface area contributed by atoms with Crippen molar-refractivity contribution in [2.24, 2.45) is 10.3 Å². The quantitative estimate of drug-likeness (QED) is 0.154. The van der Waals surface area contributed by atoms with Crippen LogP contribution >= 0.6 is 0 Å². The number of carbonyl (C=O) groups is 1. The Morgan fingerprint density at radius 2 is 1.23 bits per heavy atom. The van der Waals surface area contributed by atoms with Gasteiger partial charge < -0.3 is 24.3 Å². The number of carboxylic acids is 1. The average Bonchev–Trinajstić information content (AvgIpc) is 2.99. The molecular weight excluding hydrogens is 508 g/mol. The summed E-state index contributed by atoms with van der Waals surface area (Å²) >= 11 is 0. The fourth-order valence-electron chi connectivity index (χ4n) is 3.74. The summed E-state index contributed by atoms with van der Waals surface area (Å²) in [6.45, 7) is 0.880. The topological polar surface area (TPSA) is 98.9 Å². The fraction of sp³-hybridized carbons (Fsp3) is 0.156. The minimum Gasteiger partial charge on any atom is -0.489 e. The van der Waals surface area contributed by atoms with Gasteiger partial charge in [-0.1, -0.05) is 83.1 Å². The van der Waals surface area contributed by atoms with Gasteiger partial charge in [0.2, 0.25) is 0 Å². The third-order valence-corrected chi connectivity index (χ3v) is 5.77. The van der Waals surface area contributed by atoms with E-state index in [0.717, 1.165) is 16.7 Å². The third-order valence-electron chi connectivity index (χ3n) is 5.77. The lowest BCUT2D eigenvalue weighted by Gasteiger charge is -2.11. The number of nitrogens with zero attached hydrogens (tertiary/aromatic N) is 2. The molecule has 0 aliphatic heterocycles. The lowest BCUT2D eigenvalue weighted by molar-refractivity contribution is -0.135. The molecule has 4 aromatic rings. The molecule has 0 bridgehead atoms. The molecule has 0 fully saturated rings. The van der Waals surface area contributed by atoms with E-state index in [9.17, 15) is 9.90 Å². The molecule has 8 nitrogen and oxygen atoms in total. The first-order valence-electron chi connectivity index (χ1n) is 12.7. The largest absolute Gasteiger partial charge is 0.489 e. The second kappa shape index (κ2) is 14.7. The zero-order chi connectivity index (χ0) is 28.0. The molecule has 8 heteroatoms. The van der Waals surface area contributed by atoms with Crippen LogP contribution in [0.4, 0.5) is 0 Å². The lowest BCUT2D eigenvalue weighted by Crippen LogP contribution is -2.13. The minimum absolute atomic E-state index is 0.254. The van der Waals surface area contributed by atoms with Gasteiger partial charge in [0.1, 0.15) is 44.1 Å². The van der Waals surface area contributed by atoms with Crippen LogP contribution in [0.25, 0.3) is 0 Å². The van der Waals surface area contributed by atoms with Gasteiger partial charge in [0, 0.05) is 11.1 Å². The summed E-state index contributed by atoms with van der Waals surface area (Å²) in [5.74, 6) is 0.358. The van der Waals surface area contributed by atoms with Crippen molar-refractivity contribution in [1.82, 2.24) is 0 Å². The zero-order valence-electron chi connectivity index (χ0n) is 22.1. The van der Waals surface area contributed by atoms with Crippen LogP contribution in [0.1, 0.15) is 28.7 Å². The maximum atomic E-state index is 11.4. The molecule has 0 unspecified atom stereocenters. The van der Waals surface area contributed by atoms with Crippen LogP contribution < -0.4 is 9.47 Å². The van der Waals surface area contributed by atoms with Crippen molar-refractivity contribution in [3.63, 3.8) is 0 Å². The Labute approximate surface area is 233 Å². The van der Waals surface area contributed by atoms with Gasteiger partial charge in [0.25, 0.3) is 0 Å². The molecule has 0 aromatic heterocycles. The van der Waals surface area contributed by atoms with Gasteiger partial charge >= 0.3 is 5.97 Å². The van der Waals surface area contributed by atoms with E-state index in [0.29, 0.717) is 35.1 Å². The van der Waals surface area contributed by atoms with Crippen LogP contribution in [0, 0.1) is 0 Å². The van der Waals surface area contributed by atoms with Gasteiger partial charge in [0.05, 0.1) is 12.1 Å². The predicted octanol–water partition coefficient (Wildman–Crippen LogP) is 6.09. The van der Waals surface area contributed by atoms with Crippen LogP contribution in [0.5, 0.6) is 11.5 Å². The highest BCUT2D eigenvalue weighted by atomic mass is 16.6. The number of benzene rings is 4. The molecule has 0 saturated carbocycles. The number of hydrogen-bond donors (Lipinski definition) is 1. The number of ether oxygens (including phenoxy) is 2. The number of oxime groups is 2. The van der Waals surface area contributed by atoms with Crippen LogP contribution in [0.2, 0.25) is 0 Å². The molecule has 0 amide bonds. The van der Waals surface area contributed by atoms with E-state index in [1.54, 1.807) is 24.3 Å². The molecule has 204 valence electrons. The second-order valence-corrected chi connectivity index (χ2v) is 8.70. The second-order valence-electron chi connectivity index (χ2n) is 8.70. The van der Waals surface area contributed by atoms with Crippen molar-refractivity contribution in [2.45, 2.75) is 19.6 Å². The first-order chi connectivity index (χ1) is 19.6. The van der Waals surface area contributed by atoms with Gasteiger partial charge in [0.15, 0.2) is 0 Å². The molecule has 0 aliphatic rings. The van der Waals surface area contributed by atoms with Crippen molar-refractivity contribution in [3.05, 3.63) is 131 Å². The van der Waals surface area contributed by atoms with Gasteiger partial charge in [-0.25, -0.2) is 0 Å². The Kier molecular flexibility index (Phi) is 10.3. The highest BCUT2D eigenvalue weighted by Gasteiger charge is 2.11. The Balaban J connectivity index is 1.30. The van der Waals surface area contributed by atoms with E-state index in [1.807, 2.05) is 84.9 Å². The molecule has 4 rings (SSSR count). The van der Waals surface area contributed by atoms with Gasteiger partial charge in [-0.2, -0.15) is 0 Å². The number of aliphatic carboxylic acids is 1. The minimum atomic E-state index is -0.989.